The van der Waals surface area contributed by atoms with Crippen LogP contribution in [0.2, 0.25) is 0 Å². The van der Waals surface area contributed by atoms with Gasteiger partial charge in [0.15, 0.2) is 0 Å². The first-order valence-electron chi connectivity index (χ1n) is 9.08. The van der Waals surface area contributed by atoms with Crippen molar-refractivity contribution in [1.29, 1.82) is 0 Å². The molecule has 1 amide bonds. The molecule has 0 saturated heterocycles. The fourth-order valence-corrected chi connectivity index (χ4v) is 3.40. The fraction of sp³-hybridized carbons (Fsp3) is 0.500. The van der Waals surface area contributed by atoms with Gasteiger partial charge in [0.1, 0.15) is 18.0 Å². The maximum Gasteiger partial charge on any atom is 0.292 e. The first-order valence-corrected chi connectivity index (χ1v) is 9.08. The average Bonchev–Trinajstić information content (AvgIpc) is 3.22. The summed E-state index contributed by atoms with van der Waals surface area (Å²) in [7, 11) is 1.69. The summed E-state index contributed by atoms with van der Waals surface area (Å²) >= 11 is 0. The van der Waals surface area contributed by atoms with Crippen LogP contribution in [0.15, 0.2) is 40.9 Å². The lowest BCUT2D eigenvalue weighted by atomic mass is 10.1. The number of ether oxygens (including phenoxy) is 1. The van der Waals surface area contributed by atoms with Crippen molar-refractivity contribution in [3.63, 3.8) is 0 Å². The van der Waals surface area contributed by atoms with Crippen molar-refractivity contribution in [2.24, 2.45) is 5.92 Å². The molecule has 1 heterocycles. The largest absolute Gasteiger partial charge is 0.488 e. The number of carbonyl (C=O) groups is 1. The molecule has 0 radical (unpaired) electrons. The molecule has 1 aliphatic rings. The van der Waals surface area contributed by atoms with Crippen LogP contribution in [0.3, 0.4) is 0 Å². The lowest BCUT2D eigenvalue weighted by Crippen LogP contribution is -2.45. The monoisotopic (exact) mass is 358 g/mol. The van der Waals surface area contributed by atoms with Crippen LogP contribution in [-0.2, 0) is 6.42 Å². The molecule has 1 aromatic carbocycles. The number of aliphatic hydroxyl groups excluding tert-OH is 1. The second-order valence-corrected chi connectivity index (χ2v) is 7.30. The molecule has 1 aliphatic carbocycles. The third-order valence-electron chi connectivity index (χ3n) is 4.76. The highest BCUT2D eigenvalue weighted by Gasteiger charge is 2.41. The number of carbonyl (C=O) groups excluding carboxylic acids is 1. The number of aliphatic hydroxyl groups is 1. The predicted octanol–water partition coefficient (Wildman–Crippen LogP) is 2.92. The van der Waals surface area contributed by atoms with Gasteiger partial charge in [-0.1, -0.05) is 37.2 Å². The van der Waals surface area contributed by atoms with E-state index in [0.29, 0.717) is 18.8 Å². The van der Waals surface area contributed by atoms with Gasteiger partial charge in [0.25, 0.3) is 5.91 Å². The number of rotatable bonds is 6. The zero-order chi connectivity index (χ0) is 18.7. The quantitative estimate of drug-likeness (QED) is 0.859. The molecule has 0 bridgehead atoms. The van der Waals surface area contributed by atoms with Gasteiger partial charge >= 0.3 is 0 Å². The van der Waals surface area contributed by atoms with Crippen molar-refractivity contribution >= 4 is 5.91 Å². The van der Waals surface area contributed by atoms with Crippen LogP contribution in [0.1, 0.15) is 42.9 Å². The van der Waals surface area contributed by atoms with Crippen LogP contribution in [0.25, 0.3) is 0 Å². The normalized spacial score (nSPS) is 22.6. The number of hydrogen-bond acceptors (Lipinski definition) is 5. The Morgan fingerprint density at radius 3 is 2.77 bits per heavy atom. The third-order valence-corrected chi connectivity index (χ3v) is 4.76. The zero-order valence-corrected chi connectivity index (χ0v) is 15.5. The van der Waals surface area contributed by atoms with E-state index in [0.717, 1.165) is 17.9 Å². The van der Waals surface area contributed by atoms with Gasteiger partial charge in [-0.05, 0) is 37.3 Å². The molecule has 1 saturated carbocycles. The minimum atomic E-state index is -0.748. The summed E-state index contributed by atoms with van der Waals surface area (Å²) in [6.45, 7) is 4.17. The van der Waals surface area contributed by atoms with E-state index in [-0.39, 0.29) is 23.8 Å². The maximum absolute atomic E-state index is 12.7. The number of nitrogens with zero attached hydrogens (tertiary/aromatic N) is 2. The van der Waals surface area contributed by atoms with Crippen molar-refractivity contribution in [2.45, 2.75) is 51.4 Å². The molecule has 140 valence electrons. The van der Waals surface area contributed by atoms with Crippen LogP contribution in [0.4, 0.5) is 0 Å². The Bertz CT molecular complexity index is 728. The maximum atomic E-state index is 12.7. The van der Waals surface area contributed by atoms with Crippen molar-refractivity contribution < 1.29 is 19.2 Å². The van der Waals surface area contributed by atoms with Crippen molar-refractivity contribution in [2.75, 3.05) is 7.05 Å². The molecule has 1 fully saturated rings. The Morgan fingerprint density at radius 2 is 2.08 bits per heavy atom. The van der Waals surface area contributed by atoms with Crippen LogP contribution < -0.4 is 4.74 Å². The third kappa shape index (κ3) is 4.07. The highest BCUT2D eigenvalue weighted by molar-refractivity contribution is 5.91. The molecular formula is C20H26N2O4. The number of likely N-dealkylation sites (N-methyl/N-ethyl adjacent to an activating group) is 1. The SMILES string of the molecule is CC(C)Cc1cc(C(=O)N(C)[C@@H]2CC[C@H](Oc3ccccc3)[C@H]2O)on1. The van der Waals surface area contributed by atoms with E-state index in [2.05, 4.69) is 19.0 Å². The number of aromatic nitrogens is 1. The second-order valence-electron chi connectivity index (χ2n) is 7.30. The van der Waals surface area contributed by atoms with Crippen molar-refractivity contribution in [3.05, 3.63) is 47.9 Å². The van der Waals surface area contributed by atoms with Crippen LogP contribution in [0.5, 0.6) is 5.75 Å². The van der Waals surface area contributed by atoms with Gasteiger partial charge < -0.3 is 19.3 Å². The molecule has 0 aliphatic heterocycles. The number of amides is 1. The summed E-state index contributed by atoms with van der Waals surface area (Å²) in [5.74, 6) is 1.10. The van der Waals surface area contributed by atoms with Gasteiger partial charge in [0.05, 0.1) is 11.7 Å². The second kappa shape index (κ2) is 7.91. The minimum Gasteiger partial charge on any atom is -0.488 e. The Balaban J connectivity index is 1.63. The molecule has 3 rings (SSSR count). The lowest BCUT2D eigenvalue weighted by molar-refractivity contribution is 0.0153. The number of hydrogen-bond donors (Lipinski definition) is 1. The molecule has 1 N–H and O–H groups in total. The molecule has 0 spiro atoms. The number of benzene rings is 1. The van der Waals surface area contributed by atoms with E-state index in [1.54, 1.807) is 18.0 Å². The smallest absolute Gasteiger partial charge is 0.292 e. The molecular weight excluding hydrogens is 332 g/mol. The fourth-order valence-electron chi connectivity index (χ4n) is 3.40. The van der Waals surface area contributed by atoms with Gasteiger partial charge in [-0.15, -0.1) is 0 Å². The summed E-state index contributed by atoms with van der Waals surface area (Å²) in [6, 6.07) is 10.8. The Morgan fingerprint density at radius 1 is 1.35 bits per heavy atom. The highest BCUT2D eigenvalue weighted by Crippen LogP contribution is 2.29. The average molecular weight is 358 g/mol. The van der Waals surface area contributed by atoms with E-state index in [1.165, 1.54) is 0 Å². The Kier molecular flexibility index (Phi) is 5.61. The summed E-state index contributed by atoms with van der Waals surface area (Å²) in [4.78, 5) is 14.2. The Labute approximate surface area is 153 Å². The summed E-state index contributed by atoms with van der Waals surface area (Å²) in [5.41, 5.74) is 0.772. The van der Waals surface area contributed by atoms with Crippen molar-refractivity contribution in [3.8, 4) is 5.75 Å². The van der Waals surface area contributed by atoms with Gasteiger partial charge in [0, 0.05) is 13.1 Å². The van der Waals surface area contributed by atoms with E-state index in [9.17, 15) is 9.90 Å². The standard InChI is InChI=1S/C20H26N2O4/c1-13(2)11-14-12-18(26-21-14)20(24)22(3)16-9-10-17(19(16)23)25-15-7-5-4-6-8-15/h4-8,12-13,16-17,19,23H,9-11H2,1-3H3/t16-,17+,19+/m1/s1. The number of para-hydroxylation sites is 1. The van der Waals surface area contributed by atoms with Crippen molar-refractivity contribution in [1.82, 2.24) is 10.1 Å². The molecule has 6 nitrogen and oxygen atoms in total. The minimum absolute atomic E-state index is 0.211. The summed E-state index contributed by atoms with van der Waals surface area (Å²) in [5, 5.41) is 14.6. The first-order chi connectivity index (χ1) is 12.5. The van der Waals surface area contributed by atoms with Crippen LogP contribution in [-0.4, -0.2) is 46.4 Å². The first kappa shape index (κ1) is 18.5. The van der Waals surface area contributed by atoms with E-state index in [4.69, 9.17) is 9.26 Å². The Hall–Kier alpha value is -2.34. The van der Waals surface area contributed by atoms with Crippen LogP contribution in [0, 0.1) is 5.92 Å². The van der Waals surface area contributed by atoms with Crippen LogP contribution >= 0.6 is 0 Å². The summed E-state index contributed by atoms with van der Waals surface area (Å²) < 4.78 is 11.1. The van der Waals surface area contributed by atoms with Gasteiger partial charge in [0.2, 0.25) is 5.76 Å². The zero-order valence-electron chi connectivity index (χ0n) is 15.5. The highest BCUT2D eigenvalue weighted by atomic mass is 16.5. The molecule has 0 unspecified atom stereocenters. The molecule has 6 heteroatoms. The van der Waals surface area contributed by atoms with E-state index >= 15 is 0 Å². The predicted molar refractivity (Wildman–Crippen MR) is 97.0 cm³/mol. The molecule has 2 aromatic rings. The van der Waals surface area contributed by atoms with E-state index < -0.39 is 6.10 Å². The molecule has 1 aromatic heterocycles. The molecule has 26 heavy (non-hydrogen) atoms. The van der Waals surface area contributed by atoms with Gasteiger partial charge in [-0.25, -0.2) is 0 Å². The van der Waals surface area contributed by atoms with E-state index in [1.807, 2.05) is 30.3 Å². The van der Waals surface area contributed by atoms with Gasteiger partial charge in [-0.3, -0.25) is 4.79 Å². The molecule has 3 atom stereocenters. The summed E-state index contributed by atoms with van der Waals surface area (Å²) in [6.07, 6.45) is 1.05. The lowest BCUT2D eigenvalue weighted by Gasteiger charge is -2.28. The van der Waals surface area contributed by atoms with Gasteiger partial charge in [-0.2, -0.15) is 0 Å². The topological polar surface area (TPSA) is 75.8 Å².